The number of aromatic nitrogens is 1. The molecule has 1 aromatic heterocycles. The molecule has 1 rings (SSSR count). The van der Waals surface area contributed by atoms with E-state index in [-0.39, 0.29) is 0 Å². The standard InChI is InChI=1S/C5H4Br2N/c1-8-2-4(6)5(7)3-8/h2H,1H3. The second-order valence-electron chi connectivity index (χ2n) is 1.51. The van der Waals surface area contributed by atoms with E-state index in [1.165, 1.54) is 0 Å². The van der Waals surface area contributed by atoms with Crippen molar-refractivity contribution in [2.45, 2.75) is 0 Å². The van der Waals surface area contributed by atoms with Crippen LogP contribution in [-0.2, 0) is 7.05 Å². The van der Waals surface area contributed by atoms with Crippen LogP contribution in [0.25, 0.3) is 0 Å². The summed E-state index contributed by atoms with van der Waals surface area (Å²) in [5.41, 5.74) is 0. The molecule has 0 spiro atoms. The summed E-state index contributed by atoms with van der Waals surface area (Å²) < 4.78 is 3.87. The van der Waals surface area contributed by atoms with Crippen molar-refractivity contribution in [3.8, 4) is 0 Å². The van der Waals surface area contributed by atoms with Gasteiger partial charge in [0, 0.05) is 13.2 Å². The summed E-state index contributed by atoms with van der Waals surface area (Å²) in [6.45, 7) is 0. The van der Waals surface area contributed by atoms with Gasteiger partial charge in [-0.15, -0.1) is 0 Å². The highest BCUT2D eigenvalue weighted by Gasteiger charge is 1.95. The van der Waals surface area contributed by atoms with Crippen molar-refractivity contribution in [3.05, 3.63) is 21.3 Å². The number of halogens is 2. The SMILES string of the molecule is Cn1[c]c(Br)c(Br)c1. The molecular formula is C5H4Br2N. The molecule has 1 heterocycles. The minimum absolute atomic E-state index is 0.972. The lowest BCUT2D eigenvalue weighted by Gasteiger charge is -1.78. The normalized spacial score (nSPS) is 9.88. The summed E-state index contributed by atoms with van der Waals surface area (Å²) in [7, 11) is 1.93. The molecule has 0 bridgehead atoms. The minimum atomic E-state index is 0.972. The molecule has 0 aliphatic rings. The lowest BCUT2D eigenvalue weighted by Crippen LogP contribution is -1.77. The van der Waals surface area contributed by atoms with Crippen LogP contribution in [0, 0.1) is 6.20 Å². The third-order valence-corrected chi connectivity index (χ3v) is 2.53. The van der Waals surface area contributed by atoms with Crippen molar-refractivity contribution in [1.82, 2.24) is 4.57 Å². The molecule has 0 fully saturated rings. The molecule has 0 aliphatic heterocycles. The van der Waals surface area contributed by atoms with Gasteiger partial charge in [0.05, 0.1) is 15.1 Å². The zero-order chi connectivity index (χ0) is 6.15. The Morgan fingerprint density at radius 1 is 1.62 bits per heavy atom. The highest BCUT2D eigenvalue weighted by atomic mass is 79.9. The Morgan fingerprint density at radius 2 is 2.25 bits per heavy atom. The average Bonchev–Trinajstić information content (AvgIpc) is 1.85. The van der Waals surface area contributed by atoms with Gasteiger partial charge in [0.25, 0.3) is 0 Å². The van der Waals surface area contributed by atoms with Crippen LogP contribution >= 0.6 is 31.9 Å². The zero-order valence-electron chi connectivity index (χ0n) is 4.28. The van der Waals surface area contributed by atoms with E-state index in [4.69, 9.17) is 0 Å². The molecule has 1 nitrogen and oxygen atoms in total. The quantitative estimate of drug-likeness (QED) is 0.653. The summed E-state index contributed by atoms with van der Waals surface area (Å²) in [5, 5.41) is 0. The van der Waals surface area contributed by atoms with E-state index < -0.39 is 0 Å². The Labute approximate surface area is 65.0 Å². The van der Waals surface area contributed by atoms with Crippen molar-refractivity contribution in [2.75, 3.05) is 0 Å². The molecule has 0 amide bonds. The number of nitrogens with zero attached hydrogens (tertiary/aromatic N) is 1. The van der Waals surface area contributed by atoms with E-state index in [0.29, 0.717) is 0 Å². The number of rotatable bonds is 0. The molecule has 0 atom stereocenters. The first kappa shape index (κ1) is 6.36. The van der Waals surface area contributed by atoms with Crippen molar-refractivity contribution >= 4 is 31.9 Å². The second-order valence-corrected chi connectivity index (χ2v) is 3.16. The Morgan fingerprint density at radius 3 is 2.38 bits per heavy atom. The molecule has 43 valence electrons. The molecule has 3 heteroatoms. The highest BCUT2D eigenvalue weighted by Crippen LogP contribution is 2.21. The first-order valence-electron chi connectivity index (χ1n) is 2.10. The van der Waals surface area contributed by atoms with Gasteiger partial charge in [-0.25, -0.2) is 0 Å². The van der Waals surface area contributed by atoms with Crippen LogP contribution in [-0.4, -0.2) is 4.57 Å². The van der Waals surface area contributed by atoms with Crippen molar-refractivity contribution in [3.63, 3.8) is 0 Å². The minimum Gasteiger partial charge on any atom is -0.347 e. The van der Waals surface area contributed by atoms with E-state index >= 15 is 0 Å². The van der Waals surface area contributed by atoms with Gasteiger partial charge in [0.15, 0.2) is 0 Å². The predicted molar refractivity (Wildman–Crippen MR) is 39.6 cm³/mol. The van der Waals surface area contributed by atoms with E-state index in [1.54, 1.807) is 0 Å². The van der Waals surface area contributed by atoms with Crippen molar-refractivity contribution in [1.29, 1.82) is 0 Å². The van der Waals surface area contributed by atoms with Gasteiger partial charge in [0.2, 0.25) is 0 Å². The Kier molecular flexibility index (Phi) is 1.77. The van der Waals surface area contributed by atoms with Crippen LogP contribution in [0.2, 0.25) is 0 Å². The maximum atomic E-state index is 3.32. The molecule has 0 saturated carbocycles. The number of hydrogen-bond donors (Lipinski definition) is 0. The summed E-state index contributed by atoms with van der Waals surface area (Å²) in [5.74, 6) is 0. The summed E-state index contributed by atoms with van der Waals surface area (Å²) in [6.07, 6.45) is 4.93. The van der Waals surface area contributed by atoms with Gasteiger partial charge >= 0.3 is 0 Å². The smallest absolute Gasteiger partial charge is 0.0813 e. The summed E-state index contributed by atoms with van der Waals surface area (Å²) in [6, 6.07) is 0. The summed E-state index contributed by atoms with van der Waals surface area (Å²) in [4.78, 5) is 0. The molecule has 0 unspecified atom stereocenters. The fraction of sp³-hybridized carbons (Fsp3) is 0.200. The Bertz CT molecular complexity index is 173. The second kappa shape index (κ2) is 2.23. The monoisotopic (exact) mass is 236 g/mol. The first-order valence-corrected chi connectivity index (χ1v) is 3.68. The topological polar surface area (TPSA) is 4.93 Å². The van der Waals surface area contributed by atoms with E-state index in [0.717, 1.165) is 8.95 Å². The van der Waals surface area contributed by atoms with Crippen molar-refractivity contribution in [2.24, 2.45) is 7.05 Å². The van der Waals surface area contributed by atoms with E-state index in [2.05, 4.69) is 38.1 Å². The maximum Gasteiger partial charge on any atom is 0.0813 e. The first-order chi connectivity index (χ1) is 3.70. The lowest BCUT2D eigenvalue weighted by atomic mass is 10.7. The van der Waals surface area contributed by atoms with Crippen LogP contribution in [0.3, 0.4) is 0 Å². The van der Waals surface area contributed by atoms with Crippen molar-refractivity contribution < 1.29 is 0 Å². The molecule has 0 saturated heterocycles. The van der Waals surface area contributed by atoms with Gasteiger partial charge in [-0.1, -0.05) is 0 Å². The molecule has 0 aliphatic carbocycles. The lowest BCUT2D eigenvalue weighted by molar-refractivity contribution is 0.916. The third-order valence-electron chi connectivity index (χ3n) is 0.791. The molecular weight excluding hydrogens is 234 g/mol. The van der Waals surface area contributed by atoms with Crippen LogP contribution in [0.15, 0.2) is 15.1 Å². The molecule has 0 aromatic carbocycles. The highest BCUT2D eigenvalue weighted by molar-refractivity contribution is 9.13. The zero-order valence-corrected chi connectivity index (χ0v) is 7.45. The largest absolute Gasteiger partial charge is 0.347 e. The van der Waals surface area contributed by atoms with Crippen LogP contribution in [0.1, 0.15) is 0 Å². The maximum absolute atomic E-state index is 3.32. The number of hydrogen-bond acceptors (Lipinski definition) is 0. The molecule has 8 heavy (non-hydrogen) atoms. The molecule has 0 N–H and O–H groups in total. The fourth-order valence-electron chi connectivity index (χ4n) is 0.467. The van der Waals surface area contributed by atoms with Gasteiger partial charge < -0.3 is 4.57 Å². The van der Waals surface area contributed by atoms with Gasteiger partial charge in [-0.2, -0.15) is 0 Å². The molecule has 1 radical (unpaired) electrons. The van der Waals surface area contributed by atoms with Crippen LogP contribution in [0.4, 0.5) is 0 Å². The van der Waals surface area contributed by atoms with E-state index in [1.807, 2.05) is 17.8 Å². The van der Waals surface area contributed by atoms with Gasteiger partial charge in [-0.3, -0.25) is 0 Å². The van der Waals surface area contributed by atoms with E-state index in [9.17, 15) is 0 Å². The Hall–Kier alpha value is 0.240. The van der Waals surface area contributed by atoms with Crippen LogP contribution < -0.4 is 0 Å². The summed E-state index contributed by atoms with van der Waals surface area (Å²) >= 11 is 6.61. The Balaban J connectivity index is 3.14. The fourth-order valence-corrected chi connectivity index (χ4v) is 1.25. The van der Waals surface area contributed by atoms with Crippen LogP contribution in [0.5, 0.6) is 0 Å². The number of aryl methyl sites for hydroxylation is 1. The predicted octanol–water partition coefficient (Wildman–Crippen LogP) is 2.35. The third kappa shape index (κ3) is 1.14. The van der Waals surface area contributed by atoms with Gasteiger partial charge in [-0.05, 0) is 31.9 Å². The average molecular weight is 238 g/mol. The van der Waals surface area contributed by atoms with Gasteiger partial charge in [0.1, 0.15) is 0 Å². The molecule has 1 aromatic rings.